The zero-order chi connectivity index (χ0) is 22.9. The van der Waals surface area contributed by atoms with E-state index in [2.05, 4.69) is 14.5 Å². The molecular weight excluding hydrogens is 421 g/mol. The quantitative estimate of drug-likeness (QED) is 0.697. The Morgan fingerprint density at radius 1 is 1.23 bits per heavy atom. The molecule has 3 heterocycles. The number of aliphatic carboxylic acids is 1. The lowest BCUT2D eigenvalue weighted by Gasteiger charge is -2.34. The van der Waals surface area contributed by atoms with E-state index in [1.807, 2.05) is 24.0 Å². The van der Waals surface area contributed by atoms with Gasteiger partial charge in [0.2, 0.25) is 5.91 Å². The Bertz CT molecular complexity index is 845. The highest BCUT2D eigenvalue weighted by Crippen LogP contribution is 2.21. The minimum atomic E-state index is -5.08. The molecule has 0 bridgehead atoms. The lowest BCUT2D eigenvalue weighted by molar-refractivity contribution is -0.192. The highest BCUT2D eigenvalue weighted by Gasteiger charge is 2.38. The van der Waals surface area contributed by atoms with E-state index in [-0.39, 0.29) is 18.6 Å². The smallest absolute Gasteiger partial charge is 0.475 e. The highest BCUT2D eigenvalue weighted by atomic mass is 19.4. The number of hydrogen-bond donors (Lipinski definition) is 1. The third-order valence-corrected chi connectivity index (χ3v) is 4.28. The average Bonchev–Trinajstić information content (AvgIpc) is 3.21. The third kappa shape index (κ3) is 7.64. The summed E-state index contributed by atoms with van der Waals surface area (Å²) >= 11 is 0. The fourth-order valence-electron chi connectivity index (χ4n) is 2.78. The normalized spacial score (nSPS) is 15.6. The summed E-state index contributed by atoms with van der Waals surface area (Å²) < 4.78 is 44.9. The molecule has 0 aromatic carbocycles. The topological polar surface area (TPSA) is 107 Å². The van der Waals surface area contributed by atoms with E-state index in [0.29, 0.717) is 32.9 Å². The van der Waals surface area contributed by atoms with Crippen molar-refractivity contribution in [3.05, 3.63) is 48.3 Å². The van der Waals surface area contributed by atoms with E-state index in [0.717, 1.165) is 11.3 Å². The van der Waals surface area contributed by atoms with Crippen LogP contribution in [0.4, 0.5) is 13.2 Å². The number of fused-ring (bicyclic) bond motifs is 1. The number of alkyl halides is 3. The van der Waals surface area contributed by atoms with Gasteiger partial charge in [-0.05, 0) is 24.6 Å². The van der Waals surface area contributed by atoms with Crippen LogP contribution in [0.1, 0.15) is 24.2 Å². The first-order chi connectivity index (χ1) is 14.7. The summed E-state index contributed by atoms with van der Waals surface area (Å²) in [6.07, 6.45) is 2.03. The molecule has 2 aromatic heterocycles. The summed E-state index contributed by atoms with van der Waals surface area (Å²) in [7, 11) is 0. The zero-order valence-corrected chi connectivity index (χ0v) is 16.8. The number of carbonyl (C=O) groups is 2. The van der Waals surface area contributed by atoms with Crippen molar-refractivity contribution in [1.29, 1.82) is 0 Å². The predicted octanol–water partition coefficient (Wildman–Crippen LogP) is 2.05. The lowest BCUT2D eigenvalue weighted by Crippen LogP contribution is -2.43. The number of halogens is 3. The van der Waals surface area contributed by atoms with Gasteiger partial charge in [0.25, 0.3) is 0 Å². The van der Waals surface area contributed by atoms with Gasteiger partial charge in [0.1, 0.15) is 6.61 Å². The van der Waals surface area contributed by atoms with Crippen LogP contribution in [0.2, 0.25) is 0 Å². The first kappa shape index (κ1) is 24.3. The van der Waals surface area contributed by atoms with E-state index in [4.69, 9.17) is 19.4 Å². The lowest BCUT2D eigenvalue weighted by atomic mass is 10.2. The highest BCUT2D eigenvalue weighted by molar-refractivity contribution is 5.77. The van der Waals surface area contributed by atoms with Crippen LogP contribution in [0, 0.1) is 0 Å². The summed E-state index contributed by atoms with van der Waals surface area (Å²) in [6, 6.07) is 3.92. The van der Waals surface area contributed by atoms with E-state index in [1.54, 1.807) is 24.9 Å². The summed E-state index contributed by atoms with van der Waals surface area (Å²) in [4.78, 5) is 31.2. The number of carboxylic acids is 1. The number of aromatic nitrogens is 3. The first-order valence-corrected chi connectivity index (χ1v) is 9.35. The number of hydrogen-bond acceptors (Lipinski definition) is 6. The number of carboxylic acid groups (broad SMARTS) is 1. The summed E-state index contributed by atoms with van der Waals surface area (Å²) in [5.41, 5.74) is 2.10. The van der Waals surface area contributed by atoms with Crippen molar-refractivity contribution in [2.75, 3.05) is 26.4 Å². The van der Waals surface area contributed by atoms with Crippen LogP contribution in [-0.4, -0.2) is 69.0 Å². The van der Waals surface area contributed by atoms with Crippen LogP contribution < -0.4 is 0 Å². The maximum absolute atomic E-state index is 12.3. The molecule has 1 aliphatic rings. The third-order valence-electron chi connectivity index (χ3n) is 4.28. The van der Waals surface area contributed by atoms with Crippen LogP contribution in [0.25, 0.3) is 0 Å². The molecular formula is C19H23F3N4O5. The van der Waals surface area contributed by atoms with E-state index < -0.39 is 12.1 Å². The number of ether oxygens (including phenoxy) is 2. The Morgan fingerprint density at radius 3 is 2.52 bits per heavy atom. The molecule has 0 spiro atoms. The summed E-state index contributed by atoms with van der Waals surface area (Å²) in [5.74, 6) is -2.75. The van der Waals surface area contributed by atoms with Gasteiger partial charge in [0.05, 0.1) is 37.8 Å². The molecule has 12 heteroatoms. The van der Waals surface area contributed by atoms with Crippen molar-refractivity contribution >= 4 is 11.9 Å². The van der Waals surface area contributed by atoms with Crippen molar-refractivity contribution in [3.63, 3.8) is 0 Å². The van der Waals surface area contributed by atoms with Gasteiger partial charge < -0.3 is 24.0 Å². The molecule has 1 N–H and O–H groups in total. The van der Waals surface area contributed by atoms with E-state index >= 15 is 0 Å². The van der Waals surface area contributed by atoms with Crippen LogP contribution in [0.15, 0.2) is 37.1 Å². The second-order valence-electron chi connectivity index (χ2n) is 6.53. The minimum absolute atomic E-state index is 0.00318. The first-order valence-electron chi connectivity index (χ1n) is 9.35. The number of nitrogens with zero attached hydrogens (tertiary/aromatic N) is 4. The van der Waals surface area contributed by atoms with Gasteiger partial charge in [-0.25, -0.2) is 9.78 Å². The molecule has 0 saturated heterocycles. The molecule has 1 atom stereocenters. The van der Waals surface area contributed by atoms with Crippen molar-refractivity contribution in [2.45, 2.75) is 32.3 Å². The van der Waals surface area contributed by atoms with Gasteiger partial charge in [-0.15, -0.1) is 0 Å². The Labute approximate surface area is 176 Å². The maximum Gasteiger partial charge on any atom is 0.490 e. The second-order valence-corrected chi connectivity index (χ2v) is 6.53. The van der Waals surface area contributed by atoms with Crippen LogP contribution >= 0.6 is 0 Å². The summed E-state index contributed by atoms with van der Waals surface area (Å²) in [5, 5.41) is 7.12. The Hall–Kier alpha value is -2.99. The fourth-order valence-corrected chi connectivity index (χ4v) is 2.78. The number of rotatable bonds is 7. The average molecular weight is 444 g/mol. The Kier molecular flexibility index (Phi) is 8.94. The van der Waals surface area contributed by atoms with E-state index in [9.17, 15) is 18.0 Å². The molecule has 170 valence electrons. The second kappa shape index (κ2) is 11.4. The SMILES string of the molecule is CCOCC(=O)N1Cc2cncn2C(COCc2ccncc2)C1.O=C(O)C(F)(F)F. The predicted molar refractivity (Wildman–Crippen MR) is 101 cm³/mol. The standard InChI is InChI=1S/C17H22N4O3.C2HF3O2/c1-2-23-12-17(22)20-8-15-7-19-13-21(15)16(9-20)11-24-10-14-3-5-18-6-4-14;3-2(4,5)1(6)7/h3-7,13,16H,2,8-12H2,1H3;(H,6,7). The molecule has 31 heavy (non-hydrogen) atoms. The van der Waals surface area contributed by atoms with Crippen LogP contribution in [0.3, 0.4) is 0 Å². The number of pyridine rings is 1. The molecule has 0 radical (unpaired) electrons. The van der Waals surface area contributed by atoms with Crippen LogP contribution in [-0.2, 0) is 32.2 Å². The number of imidazole rings is 1. The molecule has 0 aliphatic carbocycles. The van der Waals surface area contributed by atoms with Gasteiger partial charge in [-0.3, -0.25) is 9.78 Å². The van der Waals surface area contributed by atoms with Gasteiger partial charge in [0, 0.05) is 31.7 Å². The van der Waals surface area contributed by atoms with Crippen molar-refractivity contribution in [3.8, 4) is 0 Å². The van der Waals surface area contributed by atoms with Crippen LogP contribution in [0.5, 0.6) is 0 Å². The van der Waals surface area contributed by atoms with Gasteiger partial charge in [-0.1, -0.05) is 0 Å². The monoisotopic (exact) mass is 444 g/mol. The Morgan fingerprint density at radius 2 is 1.90 bits per heavy atom. The van der Waals surface area contributed by atoms with Crippen molar-refractivity contribution < 1.29 is 37.3 Å². The maximum atomic E-state index is 12.3. The van der Waals surface area contributed by atoms with Gasteiger partial charge in [-0.2, -0.15) is 13.2 Å². The van der Waals surface area contributed by atoms with Gasteiger partial charge >= 0.3 is 12.1 Å². The van der Waals surface area contributed by atoms with E-state index in [1.165, 1.54) is 0 Å². The van der Waals surface area contributed by atoms with Crippen molar-refractivity contribution in [1.82, 2.24) is 19.4 Å². The minimum Gasteiger partial charge on any atom is -0.475 e. The zero-order valence-electron chi connectivity index (χ0n) is 16.8. The fraction of sp³-hybridized carbons (Fsp3) is 0.474. The summed E-state index contributed by atoms with van der Waals surface area (Å²) in [6.45, 7) is 4.75. The molecule has 1 unspecified atom stereocenters. The molecule has 0 fully saturated rings. The molecule has 9 nitrogen and oxygen atoms in total. The molecule has 0 saturated carbocycles. The van der Waals surface area contributed by atoms with Crippen molar-refractivity contribution in [2.24, 2.45) is 0 Å². The van der Waals surface area contributed by atoms with Gasteiger partial charge in [0.15, 0.2) is 0 Å². The number of carbonyl (C=O) groups excluding carboxylic acids is 1. The number of amides is 1. The largest absolute Gasteiger partial charge is 0.490 e. The molecule has 1 amide bonds. The molecule has 1 aliphatic heterocycles. The Balaban J connectivity index is 0.000000423. The molecule has 2 aromatic rings. The molecule has 3 rings (SSSR count).